The summed E-state index contributed by atoms with van der Waals surface area (Å²) in [5, 5.41) is 8.46. The Morgan fingerprint density at radius 2 is 1.89 bits per heavy atom. The molecule has 1 heterocycles. The summed E-state index contributed by atoms with van der Waals surface area (Å²) in [6, 6.07) is 0.960. The SMILES string of the molecule is CC(C)(C)c1cc(C(F)(F)F)c(/C=C/C(=O)O)cn1. The van der Waals surface area contributed by atoms with Crippen LogP contribution in [-0.4, -0.2) is 16.1 Å². The second kappa shape index (κ2) is 5.03. The van der Waals surface area contributed by atoms with Crippen LogP contribution in [0.3, 0.4) is 0 Å². The van der Waals surface area contributed by atoms with Crippen LogP contribution in [0, 0.1) is 0 Å². The van der Waals surface area contributed by atoms with Crippen LogP contribution in [-0.2, 0) is 16.4 Å². The molecule has 19 heavy (non-hydrogen) atoms. The van der Waals surface area contributed by atoms with E-state index in [2.05, 4.69) is 4.98 Å². The maximum absolute atomic E-state index is 12.9. The van der Waals surface area contributed by atoms with Crippen LogP contribution in [0.4, 0.5) is 13.2 Å². The van der Waals surface area contributed by atoms with Crippen molar-refractivity contribution in [3.63, 3.8) is 0 Å². The molecule has 3 nitrogen and oxygen atoms in total. The van der Waals surface area contributed by atoms with Gasteiger partial charge in [0.1, 0.15) is 0 Å². The minimum absolute atomic E-state index is 0.261. The molecule has 0 aliphatic carbocycles. The summed E-state index contributed by atoms with van der Waals surface area (Å²) >= 11 is 0. The number of aliphatic carboxylic acids is 1. The topological polar surface area (TPSA) is 50.2 Å². The molecule has 0 amide bonds. The zero-order valence-electron chi connectivity index (χ0n) is 10.7. The first-order valence-electron chi connectivity index (χ1n) is 5.50. The lowest BCUT2D eigenvalue weighted by Crippen LogP contribution is -2.17. The molecule has 104 valence electrons. The Kier molecular flexibility index (Phi) is 4.03. The van der Waals surface area contributed by atoms with Gasteiger partial charge in [0.15, 0.2) is 0 Å². The summed E-state index contributed by atoms with van der Waals surface area (Å²) in [6.45, 7) is 5.26. The Bertz CT molecular complexity index is 514. The number of hydrogen-bond acceptors (Lipinski definition) is 2. The summed E-state index contributed by atoms with van der Waals surface area (Å²) in [6.07, 6.45) is -1.96. The van der Waals surface area contributed by atoms with Crippen LogP contribution in [0.2, 0.25) is 0 Å². The summed E-state index contributed by atoms with van der Waals surface area (Å²) in [7, 11) is 0. The van der Waals surface area contributed by atoms with Gasteiger partial charge >= 0.3 is 12.1 Å². The lowest BCUT2D eigenvalue weighted by molar-refractivity contribution is -0.138. The van der Waals surface area contributed by atoms with Crippen molar-refractivity contribution in [1.29, 1.82) is 0 Å². The van der Waals surface area contributed by atoms with Crippen LogP contribution in [0.15, 0.2) is 18.3 Å². The van der Waals surface area contributed by atoms with Gasteiger partial charge in [-0.15, -0.1) is 0 Å². The first-order chi connectivity index (χ1) is 8.51. The van der Waals surface area contributed by atoms with Gasteiger partial charge in [0.05, 0.1) is 5.56 Å². The van der Waals surface area contributed by atoms with E-state index >= 15 is 0 Å². The highest BCUT2D eigenvalue weighted by molar-refractivity contribution is 5.85. The Balaban J connectivity index is 3.38. The molecule has 0 unspecified atom stereocenters. The highest BCUT2D eigenvalue weighted by atomic mass is 19.4. The van der Waals surface area contributed by atoms with Gasteiger partial charge in [-0.25, -0.2) is 4.79 Å². The third-order valence-electron chi connectivity index (χ3n) is 2.41. The van der Waals surface area contributed by atoms with Crippen molar-refractivity contribution >= 4 is 12.0 Å². The molecular formula is C13H14F3NO2. The van der Waals surface area contributed by atoms with Crippen molar-refractivity contribution in [2.75, 3.05) is 0 Å². The fraction of sp³-hybridized carbons (Fsp3) is 0.385. The number of nitrogens with zero attached hydrogens (tertiary/aromatic N) is 1. The molecule has 0 radical (unpaired) electrons. The van der Waals surface area contributed by atoms with E-state index in [9.17, 15) is 18.0 Å². The molecule has 0 fully saturated rings. The second-order valence-corrected chi connectivity index (χ2v) is 5.08. The van der Waals surface area contributed by atoms with E-state index in [-0.39, 0.29) is 5.56 Å². The summed E-state index contributed by atoms with van der Waals surface area (Å²) < 4.78 is 38.8. The Morgan fingerprint density at radius 3 is 2.32 bits per heavy atom. The number of carboxylic acid groups (broad SMARTS) is 1. The molecule has 6 heteroatoms. The minimum Gasteiger partial charge on any atom is -0.478 e. The van der Waals surface area contributed by atoms with Crippen LogP contribution in [0.1, 0.15) is 37.6 Å². The molecule has 1 rings (SSSR count). The van der Waals surface area contributed by atoms with Crippen molar-refractivity contribution in [3.8, 4) is 0 Å². The monoisotopic (exact) mass is 273 g/mol. The highest BCUT2D eigenvalue weighted by Gasteiger charge is 2.34. The van der Waals surface area contributed by atoms with Gasteiger partial charge in [-0.05, 0) is 12.1 Å². The van der Waals surface area contributed by atoms with Crippen LogP contribution >= 0.6 is 0 Å². The third-order valence-corrected chi connectivity index (χ3v) is 2.41. The zero-order valence-corrected chi connectivity index (χ0v) is 10.7. The van der Waals surface area contributed by atoms with Crippen molar-refractivity contribution < 1.29 is 23.1 Å². The molecule has 1 aromatic rings. The van der Waals surface area contributed by atoms with Crippen molar-refractivity contribution in [2.24, 2.45) is 0 Å². The molecule has 1 aromatic heterocycles. The van der Waals surface area contributed by atoms with Gasteiger partial charge in [0.2, 0.25) is 0 Å². The smallest absolute Gasteiger partial charge is 0.417 e. The maximum atomic E-state index is 12.9. The quantitative estimate of drug-likeness (QED) is 0.839. The fourth-order valence-electron chi connectivity index (χ4n) is 1.42. The van der Waals surface area contributed by atoms with Gasteiger partial charge in [0, 0.05) is 28.9 Å². The Morgan fingerprint density at radius 1 is 1.32 bits per heavy atom. The van der Waals surface area contributed by atoms with Gasteiger partial charge in [-0.2, -0.15) is 13.2 Å². The van der Waals surface area contributed by atoms with Crippen LogP contribution < -0.4 is 0 Å². The van der Waals surface area contributed by atoms with E-state index in [1.807, 2.05) is 0 Å². The third kappa shape index (κ3) is 4.08. The second-order valence-electron chi connectivity index (χ2n) is 5.08. The first kappa shape index (κ1) is 15.2. The van der Waals surface area contributed by atoms with Gasteiger partial charge in [0.25, 0.3) is 0 Å². The standard InChI is InChI=1S/C13H14F3NO2/c1-12(2,3)10-6-9(13(14,15)16)8(7-17-10)4-5-11(18)19/h4-7H,1-3H3,(H,18,19)/b5-4+. The van der Waals surface area contributed by atoms with Gasteiger partial charge in [-0.3, -0.25) is 4.98 Å². The predicted molar refractivity (Wildman–Crippen MR) is 64.6 cm³/mol. The molecule has 0 aliphatic rings. The van der Waals surface area contributed by atoms with E-state index in [1.165, 1.54) is 0 Å². The largest absolute Gasteiger partial charge is 0.478 e. The molecule has 0 atom stereocenters. The summed E-state index contributed by atoms with van der Waals surface area (Å²) in [5.74, 6) is -1.31. The number of carbonyl (C=O) groups is 1. The highest BCUT2D eigenvalue weighted by Crippen LogP contribution is 2.34. The molecule has 1 N–H and O–H groups in total. The maximum Gasteiger partial charge on any atom is 0.417 e. The van der Waals surface area contributed by atoms with E-state index in [0.717, 1.165) is 18.3 Å². The molecule has 0 saturated heterocycles. The molecular weight excluding hydrogens is 259 g/mol. The summed E-state index contributed by atoms with van der Waals surface area (Å²) in [4.78, 5) is 14.3. The lowest BCUT2D eigenvalue weighted by Gasteiger charge is -2.20. The molecule has 0 spiro atoms. The number of carboxylic acids is 1. The van der Waals surface area contributed by atoms with E-state index in [0.29, 0.717) is 11.8 Å². The van der Waals surface area contributed by atoms with Crippen LogP contribution in [0.25, 0.3) is 6.08 Å². The molecule has 0 saturated carbocycles. The average Bonchev–Trinajstić information content (AvgIpc) is 2.23. The van der Waals surface area contributed by atoms with E-state index < -0.39 is 23.1 Å². The van der Waals surface area contributed by atoms with E-state index in [4.69, 9.17) is 5.11 Å². The molecule has 0 bridgehead atoms. The van der Waals surface area contributed by atoms with Crippen LogP contribution in [0.5, 0.6) is 0 Å². The van der Waals surface area contributed by atoms with Gasteiger partial charge in [-0.1, -0.05) is 20.8 Å². The Hall–Kier alpha value is -1.85. The van der Waals surface area contributed by atoms with Gasteiger partial charge < -0.3 is 5.11 Å². The van der Waals surface area contributed by atoms with Crippen molar-refractivity contribution in [2.45, 2.75) is 32.4 Å². The normalized spacial score (nSPS) is 12.9. The first-order valence-corrected chi connectivity index (χ1v) is 5.50. The van der Waals surface area contributed by atoms with Crippen molar-refractivity contribution in [1.82, 2.24) is 4.98 Å². The molecule has 0 aromatic carbocycles. The van der Waals surface area contributed by atoms with E-state index in [1.54, 1.807) is 20.8 Å². The minimum atomic E-state index is -4.55. The number of halogens is 3. The number of hydrogen-bond donors (Lipinski definition) is 1. The predicted octanol–water partition coefficient (Wildman–Crippen LogP) is 3.50. The lowest BCUT2D eigenvalue weighted by atomic mass is 9.90. The number of pyridine rings is 1. The number of aromatic nitrogens is 1. The fourth-order valence-corrected chi connectivity index (χ4v) is 1.42. The van der Waals surface area contributed by atoms with Crippen molar-refractivity contribution in [3.05, 3.63) is 35.2 Å². The molecule has 0 aliphatic heterocycles. The Labute approximate surface area is 108 Å². The zero-order chi connectivity index (χ0) is 14.8. The summed E-state index contributed by atoms with van der Waals surface area (Å²) in [5.41, 5.74) is -1.37. The number of alkyl halides is 3. The number of rotatable bonds is 2. The average molecular weight is 273 g/mol.